The number of thioether (sulfide) groups is 1. The molecular weight excluding hydrogens is 362 g/mol. The molecule has 0 aromatic heterocycles. The quantitative estimate of drug-likeness (QED) is 0.344. The van der Waals surface area contributed by atoms with E-state index in [0.717, 1.165) is 17.8 Å². The van der Waals surface area contributed by atoms with Crippen molar-refractivity contribution in [1.82, 2.24) is 5.32 Å². The Kier molecular flexibility index (Phi) is 6.61. The summed E-state index contributed by atoms with van der Waals surface area (Å²) in [5, 5.41) is 10.6. The van der Waals surface area contributed by atoms with Crippen LogP contribution in [0.5, 0.6) is 17.2 Å². The third-order valence-corrected chi connectivity index (χ3v) is 4.08. The van der Waals surface area contributed by atoms with Crippen molar-refractivity contribution < 1.29 is 28.5 Å². The van der Waals surface area contributed by atoms with Crippen molar-refractivity contribution in [2.24, 2.45) is 10.2 Å². The van der Waals surface area contributed by atoms with E-state index in [9.17, 15) is 9.59 Å². The van der Waals surface area contributed by atoms with Crippen LogP contribution in [0.15, 0.2) is 33.3 Å². The van der Waals surface area contributed by atoms with Crippen molar-refractivity contribution in [3.8, 4) is 17.2 Å². The van der Waals surface area contributed by atoms with Gasteiger partial charge in [-0.3, -0.25) is 10.1 Å². The van der Waals surface area contributed by atoms with Gasteiger partial charge in [-0.05, 0) is 23.9 Å². The van der Waals surface area contributed by atoms with Crippen LogP contribution in [-0.2, 0) is 14.3 Å². The van der Waals surface area contributed by atoms with Gasteiger partial charge < -0.3 is 18.9 Å². The number of amidine groups is 1. The Labute approximate surface area is 154 Å². The van der Waals surface area contributed by atoms with Crippen molar-refractivity contribution in [2.45, 2.75) is 0 Å². The minimum atomic E-state index is -0.623. The molecule has 0 bridgehead atoms. The molecule has 0 unspecified atom stereocenters. The Morgan fingerprint density at radius 3 is 2.46 bits per heavy atom. The predicted molar refractivity (Wildman–Crippen MR) is 97.0 cm³/mol. The number of carbonyl (C=O) groups excluding carboxylic acids is 2. The summed E-state index contributed by atoms with van der Waals surface area (Å²) in [6.45, 7) is 0. The summed E-state index contributed by atoms with van der Waals surface area (Å²) >= 11 is 0.981. The summed E-state index contributed by atoms with van der Waals surface area (Å²) in [7, 11) is 5.75. The second-order valence-corrected chi connectivity index (χ2v) is 5.69. The van der Waals surface area contributed by atoms with Gasteiger partial charge in [0.25, 0.3) is 5.91 Å². The maximum atomic E-state index is 11.7. The molecule has 0 radical (unpaired) electrons. The number of ether oxygens (including phenoxy) is 4. The van der Waals surface area contributed by atoms with E-state index >= 15 is 0 Å². The first kappa shape index (κ1) is 19.3. The maximum Gasteiger partial charge on any atom is 0.331 e. The monoisotopic (exact) mass is 379 g/mol. The zero-order valence-electron chi connectivity index (χ0n) is 14.6. The Morgan fingerprint density at radius 1 is 1.12 bits per heavy atom. The number of hydrogen-bond acceptors (Lipinski definition) is 9. The van der Waals surface area contributed by atoms with E-state index in [1.54, 1.807) is 12.1 Å². The van der Waals surface area contributed by atoms with Crippen molar-refractivity contribution in [3.63, 3.8) is 0 Å². The van der Waals surface area contributed by atoms with Gasteiger partial charge in [0, 0.05) is 11.6 Å². The van der Waals surface area contributed by atoms with Gasteiger partial charge in [-0.2, -0.15) is 5.10 Å². The van der Waals surface area contributed by atoms with Crippen LogP contribution in [0.4, 0.5) is 0 Å². The van der Waals surface area contributed by atoms with Crippen molar-refractivity contribution in [3.05, 3.63) is 28.7 Å². The SMILES string of the molecule is COC(=O)/C=C1/S/C(=N\N=Cc2ccc(OC)c(OC)c2OC)NC1=O. The number of nitrogens with one attached hydrogen (secondary N) is 1. The predicted octanol–water partition coefficient (Wildman–Crippen LogP) is 1.32. The van der Waals surface area contributed by atoms with Gasteiger partial charge in [0.05, 0.1) is 39.6 Å². The lowest BCUT2D eigenvalue weighted by Gasteiger charge is -2.13. The minimum absolute atomic E-state index is 0.175. The smallest absolute Gasteiger partial charge is 0.331 e. The molecule has 1 amide bonds. The maximum absolute atomic E-state index is 11.7. The molecule has 0 aliphatic carbocycles. The van der Waals surface area contributed by atoms with E-state index in [-0.39, 0.29) is 10.1 Å². The fourth-order valence-electron chi connectivity index (χ4n) is 2.01. The van der Waals surface area contributed by atoms with Gasteiger partial charge in [-0.15, -0.1) is 5.10 Å². The van der Waals surface area contributed by atoms with Crippen LogP contribution in [0, 0.1) is 0 Å². The van der Waals surface area contributed by atoms with E-state index in [0.29, 0.717) is 22.8 Å². The van der Waals surface area contributed by atoms with Gasteiger partial charge in [-0.25, -0.2) is 4.79 Å². The van der Waals surface area contributed by atoms with Gasteiger partial charge in [-0.1, -0.05) is 0 Å². The molecule has 1 aromatic carbocycles. The molecule has 10 heteroatoms. The molecular formula is C16H17N3O6S. The van der Waals surface area contributed by atoms with Gasteiger partial charge in [0.1, 0.15) is 0 Å². The first-order chi connectivity index (χ1) is 12.5. The molecule has 1 saturated heterocycles. The number of esters is 1. The molecule has 1 aliphatic rings. The van der Waals surface area contributed by atoms with E-state index in [1.807, 2.05) is 0 Å². The normalized spacial score (nSPS) is 16.8. The fourth-order valence-corrected chi connectivity index (χ4v) is 2.75. The van der Waals surface area contributed by atoms with Crippen LogP contribution in [-0.4, -0.2) is 51.7 Å². The fraction of sp³-hybridized carbons (Fsp3) is 0.250. The second-order valence-electron chi connectivity index (χ2n) is 4.66. The highest BCUT2D eigenvalue weighted by Gasteiger charge is 2.25. The zero-order valence-corrected chi connectivity index (χ0v) is 15.4. The largest absolute Gasteiger partial charge is 0.493 e. The van der Waals surface area contributed by atoms with Crippen molar-refractivity contribution in [1.29, 1.82) is 0 Å². The summed E-state index contributed by atoms with van der Waals surface area (Å²) in [4.78, 5) is 23.1. The highest BCUT2D eigenvalue weighted by molar-refractivity contribution is 8.18. The minimum Gasteiger partial charge on any atom is -0.493 e. The molecule has 26 heavy (non-hydrogen) atoms. The lowest BCUT2D eigenvalue weighted by Crippen LogP contribution is -2.19. The van der Waals surface area contributed by atoms with Crippen LogP contribution in [0.1, 0.15) is 5.56 Å². The van der Waals surface area contributed by atoms with Crippen molar-refractivity contribution >= 4 is 35.0 Å². The standard InChI is InChI=1S/C16H17N3O6S/c1-22-10-6-5-9(13(24-3)14(10)25-4)8-17-19-16-18-15(21)11(26-16)7-12(20)23-2/h5-8H,1-4H3,(H,18,19,21)/b11-7+,17-8?. The number of rotatable bonds is 6. The van der Waals surface area contributed by atoms with E-state index < -0.39 is 11.9 Å². The van der Waals surface area contributed by atoms with Gasteiger partial charge in [0.2, 0.25) is 5.75 Å². The highest BCUT2D eigenvalue weighted by Crippen LogP contribution is 2.39. The number of methoxy groups -OCH3 is 4. The lowest BCUT2D eigenvalue weighted by atomic mass is 10.2. The van der Waals surface area contributed by atoms with Gasteiger partial charge >= 0.3 is 5.97 Å². The van der Waals surface area contributed by atoms with Crippen molar-refractivity contribution in [2.75, 3.05) is 28.4 Å². The number of amides is 1. The number of hydrogen-bond donors (Lipinski definition) is 1. The Morgan fingerprint density at radius 2 is 1.85 bits per heavy atom. The van der Waals surface area contributed by atoms with Crippen LogP contribution in [0.3, 0.4) is 0 Å². The Bertz CT molecular complexity index is 803. The summed E-state index contributed by atoms with van der Waals surface area (Å²) in [5.74, 6) is 0.313. The molecule has 0 saturated carbocycles. The molecule has 0 atom stereocenters. The highest BCUT2D eigenvalue weighted by atomic mass is 32.2. The molecule has 9 nitrogen and oxygen atoms in total. The Balaban J connectivity index is 2.21. The average Bonchev–Trinajstić information content (AvgIpc) is 2.99. The second kappa shape index (κ2) is 8.90. The average molecular weight is 379 g/mol. The summed E-state index contributed by atoms with van der Waals surface area (Å²) in [5.41, 5.74) is 0.606. The topological polar surface area (TPSA) is 108 Å². The first-order valence-corrected chi connectivity index (χ1v) is 8.04. The zero-order chi connectivity index (χ0) is 19.1. The first-order valence-electron chi connectivity index (χ1n) is 7.22. The molecule has 0 spiro atoms. The number of nitrogens with zero attached hydrogens (tertiary/aromatic N) is 2. The third kappa shape index (κ3) is 4.33. The molecule has 1 aromatic rings. The third-order valence-electron chi connectivity index (χ3n) is 3.18. The lowest BCUT2D eigenvalue weighted by molar-refractivity contribution is -0.135. The summed E-state index contributed by atoms with van der Waals surface area (Å²) < 4.78 is 20.3. The Hall–Kier alpha value is -3.01. The molecule has 138 valence electrons. The van der Waals surface area contributed by atoms with Crippen LogP contribution >= 0.6 is 11.8 Å². The number of carbonyl (C=O) groups is 2. The van der Waals surface area contributed by atoms with Gasteiger partial charge in [0.15, 0.2) is 16.7 Å². The van der Waals surface area contributed by atoms with Crippen LogP contribution in [0.2, 0.25) is 0 Å². The van der Waals surface area contributed by atoms with E-state index in [2.05, 4.69) is 20.3 Å². The molecule has 1 heterocycles. The summed E-state index contributed by atoms with van der Waals surface area (Å²) in [6.07, 6.45) is 2.53. The van der Waals surface area contributed by atoms with Crippen LogP contribution in [0.25, 0.3) is 0 Å². The molecule has 1 fully saturated rings. The van der Waals surface area contributed by atoms with E-state index in [1.165, 1.54) is 34.7 Å². The molecule has 2 rings (SSSR count). The number of benzene rings is 1. The summed E-state index contributed by atoms with van der Waals surface area (Å²) in [6, 6.07) is 3.44. The molecule has 1 N–H and O–H groups in total. The van der Waals surface area contributed by atoms with E-state index in [4.69, 9.17) is 14.2 Å². The molecule has 1 aliphatic heterocycles. The van der Waals surface area contributed by atoms with Crippen LogP contribution < -0.4 is 19.5 Å².